The zero-order valence-electron chi connectivity index (χ0n) is 9.17. The molecular weight excluding hydrogens is 194 g/mol. The second-order valence-electron chi connectivity index (χ2n) is 3.57. The van der Waals surface area contributed by atoms with Crippen LogP contribution in [-0.4, -0.2) is 47.6 Å². The molecule has 0 aromatic carbocycles. The SMILES string of the molecule is CC(CN(C)C)OC(=O)c1ccncn1. The summed E-state index contributed by atoms with van der Waals surface area (Å²) in [5.74, 6) is -0.410. The minimum atomic E-state index is -0.410. The second kappa shape index (κ2) is 5.41. The predicted octanol–water partition coefficient (Wildman–Crippen LogP) is 0.583. The highest BCUT2D eigenvalue weighted by molar-refractivity contribution is 5.87. The minimum absolute atomic E-state index is 0.150. The lowest BCUT2D eigenvalue weighted by molar-refractivity contribution is 0.0282. The van der Waals surface area contributed by atoms with Gasteiger partial charge in [-0.15, -0.1) is 0 Å². The number of carbonyl (C=O) groups is 1. The van der Waals surface area contributed by atoms with Crippen LogP contribution in [0.2, 0.25) is 0 Å². The highest BCUT2D eigenvalue weighted by Crippen LogP contribution is 2.00. The average Bonchev–Trinajstić information content (AvgIpc) is 2.17. The molecular formula is C10H15N3O2. The predicted molar refractivity (Wildman–Crippen MR) is 55.5 cm³/mol. The van der Waals surface area contributed by atoms with Crippen molar-refractivity contribution in [3.05, 3.63) is 24.3 Å². The zero-order valence-corrected chi connectivity index (χ0v) is 9.17. The Morgan fingerprint density at radius 3 is 2.87 bits per heavy atom. The summed E-state index contributed by atoms with van der Waals surface area (Å²) in [7, 11) is 3.85. The molecule has 1 aromatic heterocycles. The fourth-order valence-electron chi connectivity index (χ4n) is 1.21. The van der Waals surface area contributed by atoms with Crippen LogP contribution in [0.1, 0.15) is 17.4 Å². The minimum Gasteiger partial charge on any atom is -0.457 e. The van der Waals surface area contributed by atoms with Gasteiger partial charge in [0, 0.05) is 12.7 Å². The van der Waals surface area contributed by atoms with Gasteiger partial charge in [-0.2, -0.15) is 0 Å². The number of ether oxygens (including phenoxy) is 1. The molecule has 1 atom stereocenters. The first-order valence-corrected chi connectivity index (χ1v) is 4.71. The lowest BCUT2D eigenvalue weighted by Crippen LogP contribution is -2.28. The number of likely N-dealkylation sites (N-methyl/N-ethyl adjacent to an activating group) is 1. The summed E-state index contributed by atoms with van der Waals surface area (Å²) in [5.41, 5.74) is 0.288. The molecule has 1 rings (SSSR count). The van der Waals surface area contributed by atoms with Gasteiger partial charge in [0.25, 0.3) is 0 Å². The molecule has 82 valence electrons. The molecule has 0 saturated carbocycles. The molecule has 5 nitrogen and oxygen atoms in total. The second-order valence-corrected chi connectivity index (χ2v) is 3.57. The third-order valence-electron chi connectivity index (χ3n) is 1.72. The van der Waals surface area contributed by atoms with Crippen molar-refractivity contribution in [1.82, 2.24) is 14.9 Å². The molecule has 0 spiro atoms. The molecule has 0 bridgehead atoms. The summed E-state index contributed by atoms with van der Waals surface area (Å²) in [4.78, 5) is 21.0. The lowest BCUT2D eigenvalue weighted by atomic mass is 10.3. The molecule has 0 saturated heterocycles. The number of rotatable bonds is 4. The van der Waals surface area contributed by atoms with E-state index >= 15 is 0 Å². The monoisotopic (exact) mass is 209 g/mol. The van der Waals surface area contributed by atoms with Gasteiger partial charge in [0.15, 0.2) is 5.69 Å². The number of aromatic nitrogens is 2. The van der Waals surface area contributed by atoms with Crippen molar-refractivity contribution >= 4 is 5.97 Å². The Balaban J connectivity index is 2.49. The van der Waals surface area contributed by atoms with Gasteiger partial charge >= 0.3 is 5.97 Å². The first-order chi connectivity index (χ1) is 7.09. The van der Waals surface area contributed by atoms with Crippen LogP contribution in [0.5, 0.6) is 0 Å². The van der Waals surface area contributed by atoms with E-state index in [1.807, 2.05) is 25.9 Å². The van der Waals surface area contributed by atoms with Gasteiger partial charge in [0.1, 0.15) is 12.4 Å². The van der Waals surface area contributed by atoms with Gasteiger partial charge in [-0.3, -0.25) is 0 Å². The fraction of sp³-hybridized carbons (Fsp3) is 0.500. The van der Waals surface area contributed by atoms with Gasteiger partial charge in [-0.1, -0.05) is 0 Å². The molecule has 0 aliphatic rings. The van der Waals surface area contributed by atoms with E-state index in [-0.39, 0.29) is 11.8 Å². The van der Waals surface area contributed by atoms with E-state index in [0.29, 0.717) is 6.54 Å². The largest absolute Gasteiger partial charge is 0.457 e. The zero-order chi connectivity index (χ0) is 11.3. The highest BCUT2D eigenvalue weighted by atomic mass is 16.5. The number of esters is 1. The van der Waals surface area contributed by atoms with Gasteiger partial charge in [0.2, 0.25) is 0 Å². The number of hydrogen-bond acceptors (Lipinski definition) is 5. The summed E-state index contributed by atoms with van der Waals surface area (Å²) in [6, 6.07) is 1.53. The summed E-state index contributed by atoms with van der Waals surface area (Å²) in [6.07, 6.45) is 2.69. The molecule has 0 fully saturated rings. The lowest BCUT2D eigenvalue weighted by Gasteiger charge is -2.17. The van der Waals surface area contributed by atoms with Gasteiger partial charge in [-0.05, 0) is 27.1 Å². The normalized spacial score (nSPS) is 12.5. The van der Waals surface area contributed by atoms with E-state index in [2.05, 4.69) is 9.97 Å². The van der Waals surface area contributed by atoms with Crippen LogP contribution in [0.15, 0.2) is 18.6 Å². The summed E-state index contributed by atoms with van der Waals surface area (Å²) in [5, 5.41) is 0. The standard InChI is InChI=1S/C10H15N3O2/c1-8(6-13(2)3)15-10(14)9-4-5-11-7-12-9/h4-5,7-8H,6H2,1-3H3. The maximum Gasteiger partial charge on any atom is 0.357 e. The Morgan fingerprint density at radius 1 is 1.60 bits per heavy atom. The third-order valence-corrected chi connectivity index (χ3v) is 1.72. The van der Waals surface area contributed by atoms with Crippen LogP contribution in [0, 0.1) is 0 Å². The molecule has 0 aliphatic heterocycles. The quantitative estimate of drug-likeness (QED) is 0.679. The van der Waals surface area contributed by atoms with E-state index in [4.69, 9.17) is 4.74 Å². The topological polar surface area (TPSA) is 55.3 Å². The maximum absolute atomic E-state index is 11.5. The first kappa shape index (κ1) is 11.6. The highest BCUT2D eigenvalue weighted by Gasteiger charge is 2.13. The van der Waals surface area contributed by atoms with Crippen molar-refractivity contribution in [2.45, 2.75) is 13.0 Å². The van der Waals surface area contributed by atoms with E-state index in [0.717, 1.165) is 0 Å². The van der Waals surface area contributed by atoms with Crippen molar-refractivity contribution in [3.63, 3.8) is 0 Å². The molecule has 0 aliphatic carbocycles. The average molecular weight is 209 g/mol. The van der Waals surface area contributed by atoms with Crippen molar-refractivity contribution in [2.24, 2.45) is 0 Å². The molecule has 15 heavy (non-hydrogen) atoms. The van der Waals surface area contributed by atoms with Crippen LogP contribution in [0.3, 0.4) is 0 Å². The molecule has 0 radical (unpaired) electrons. The van der Waals surface area contributed by atoms with Gasteiger partial charge < -0.3 is 9.64 Å². The third kappa shape index (κ3) is 4.03. The van der Waals surface area contributed by atoms with Crippen LogP contribution >= 0.6 is 0 Å². The maximum atomic E-state index is 11.5. The summed E-state index contributed by atoms with van der Waals surface area (Å²) in [6.45, 7) is 2.54. The molecule has 0 amide bonds. The van der Waals surface area contributed by atoms with E-state index in [1.165, 1.54) is 18.6 Å². The van der Waals surface area contributed by atoms with Crippen LogP contribution in [0.25, 0.3) is 0 Å². The number of hydrogen-bond donors (Lipinski definition) is 0. The molecule has 1 unspecified atom stereocenters. The summed E-state index contributed by atoms with van der Waals surface area (Å²) >= 11 is 0. The first-order valence-electron chi connectivity index (χ1n) is 4.71. The Morgan fingerprint density at radius 2 is 2.33 bits per heavy atom. The van der Waals surface area contributed by atoms with Crippen molar-refractivity contribution in [1.29, 1.82) is 0 Å². The Bertz CT molecular complexity index is 314. The van der Waals surface area contributed by atoms with E-state index in [9.17, 15) is 4.79 Å². The van der Waals surface area contributed by atoms with E-state index in [1.54, 1.807) is 0 Å². The number of nitrogens with zero attached hydrogens (tertiary/aromatic N) is 3. The van der Waals surface area contributed by atoms with Crippen molar-refractivity contribution in [3.8, 4) is 0 Å². The van der Waals surface area contributed by atoms with Crippen molar-refractivity contribution < 1.29 is 9.53 Å². The number of carbonyl (C=O) groups excluding carboxylic acids is 1. The molecule has 0 N–H and O–H groups in total. The van der Waals surface area contributed by atoms with E-state index < -0.39 is 5.97 Å². The smallest absolute Gasteiger partial charge is 0.357 e. The fourth-order valence-corrected chi connectivity index (χ4v) is 1.21. The summed E-state index contributed by atoms with van der Waals surface area (Å²) < 4.78 is 5.18. The van der Waals surface area contributed by atoms with Crippen LogP contribution in [0.4, 0.5) is 0 Å². The Hall–Kier alpha value is -1.49. The van der Waals surface area contributed by atoms with Gasteiger partial charge in [-0.25, -0.2) is 14.8 Å². The van der Waals surface area contributed by atoms with Crippen molar-refractivity contribution in [2.75, 3.05) is 20.6 Å². The molecule has 1 aromatic rings. The van der Waals surface area contributed by atoms with Crippen LogP contribution in [-0.2, 0) is 4.74 Å². The van der Waals surface area contributed by atoms with Crippen LogP contribution < -0.4 is 0 Å². The molecule has 5 heteroatoms. The van der Waals surface area contributed by atoms with Gasteiger partial charge in [0.05, 0.1) is 0 Å². The Labute approximate surface area is 89.1 Å². The molecule has 1 heterocycles. The Kier molecular flexibility index (Phi) is 4.17.